The standard InChI is InChI=1S/C13H16Cl2N2O/c1-2-12(18)17-8-6-16(7-9-17)11-5-3-4-10(14)13(11)15/h3-5H,2,6-9H2,1H3. The molecule has 18 heavy (non-hydrogen) atoms. The van der Waals surface area contributed by atoms with Crippen LogP contribution in [0.2, 0.25) is 10.0 Å². The van der Waals surface area contributed by atoms with Crippen LogP contribution < -0.4 is 4.90 Å². The Balaban J connectivity index is 2.06. The minimum absolute atomic E-state index is 0.215. The Morgan fingerprint density at radius 2 is 1.89 bits per heavy atom. The maximum absolute atomic E-state index is 11.6. The molecule has 0 unspecified atom stereocenters. The number of halogens is 2. The van der Waals surface area contributed by atoms with Gasteiger partial charge >= 0.3 is 0 Å². The molecule has 1 amide bonds. The van der Waals surface area contributed by atoms with Gasteiger partial charge in [-0.15, -0.1) is 0 Å². The first-order chi connectivity index (χ1) is 8.63. The molecule has 0 N–H and O–H groups in total. The molecule has 0 atom stereocenters. The van der Waals surface area contributed by atoms with Crippen LogP contribution >= 0.6 is 23.2 Å². The number of hydrogen-bond acceptors (Lipinski definition) is 2. The molecule has 1 aliphatic heterocycles. The van der Waals surface area contributed by atoms with Crippen LogP contribution in [0, 0.1) is 0 Å². The zero-order chi connectivity index (χ0) is 13.1. The molecule has 1 aromatic rings. The van der Waals surface area contributed by atoms with E-state index in [1.807, 2.05) is 24.0 Å². The largest absolute Gasteiger partial charge is 0.367 e. The van der Waals surface area contributed by atoms with Crippen molar-refractivity contribution in [1.82, 2.24) is 4.90 Å². The van der Waals surface area contributed by atoms with Crippen LogP contribution in [0.25, 0.3) is 0 Å². The first kappa shape index (κ1) is 13.5. The third-order valence-corrected chi connectivity index (χ3v) is 4.02. The van der Waals surface area contributed by atoms with Gasteiger partial charge in [0.1, 0.15) is 0 Å². The number of carbonyl (C=O) groups is 1. The van der Waals surface area contributed by atoms with Crippen molar-refractivity contribution >= 4 is 34.8 Å². The van der Waals surface area contributed by atoms with E-state index in [1.165, 1.54) is 0 Å². The summed E-state index contributed by atoms with van der Waals surface area (Å²) in [5, 5.41) is 1.16. The summed E-state index contributed by atoms with van der Waals surface area (Å²) in [6.45, 7) is 4.98. The summed E-state index contributed by atoms with van der Waals surface area (Å²) < 4.78 is 0. The van der Waals surface area contributed by atoms with Gasteiger partial charge in [-0.1, -0.05) is 36.2 Å². The van der Waals surface area contributed by atoms with E-state index in [-0.39, 0.29) is 5.91 Å². The summed E-state index contributed by atoms with van der Waals surface area (Å²) in [5.41, 5.74) is 0.952. The van der Waals surface area contributed by atoms with Gasteiger partial charge in [0.25, 0.3) is 0 Å². The predicted octanol–water partition coefficient (Wildman–Crippen LogP) is 3.05. The highest BCUT2D eigenvalue weighted by Crippen LogP contribution is 2.32. The lowest BCUT2D eigenvalue weighted by atomic mass is 10.2. The third kappa shape index (κ3) is 2.73. The van der Waals surface area contributed by atoms with Gasteiger partial charge in [0.2, 0.25) is 5.91 Å². The van der Waals surface area contributed by atoms with Crippen LogP contribution in [0.1, 0.15) is 13.3 Å². The molecule has 5 heteroatoms. The zero-order valence-electron chi connectivity index (χ0n) is 10.3. The second kappa shape index (κ2) is 5.81. The van der Waals surface area contributed by atoms with Crippen LogP contribution in [0.4, 0.5) is 5.69 Å². The molecule has 0 radical (unpaired) electrons. The van der Waals surface area contributed by atoms with Gasteiger partial charge in [-0.2, -0.15) is 0 Å². The molecule has 1 heterocycles. The van der Waals surface area contributed by atoms with Gasteiger partial charge in [0.15, 0.2) is 0 Å². The fourth-order valence-electron chi connectivity index (χ4n) is 2.16. The Labute approximate surface area is 117 Å². The van der Waals surface area contributed by atoms with Crippen molar-refractivity contribution in [2.24, 2.45) is 0 Å². The summed E-state index contributed by atoms with van der Waals surface area (Å²) in [4.78, 5) is 15.7. The number of rotatable bonds is 2. The van der Waals surface area contributed by atoms with Crippen molar-refractivity contribution < 1.29 is 4.79 Å². The summed E-state index contributed by atoms with van der Waals surface area (Å²) in [5.74, 6) is 0.215. The van der Waals surface area contributed by atoms with Crippen molar-refractivity contribution in [1.29, 1.82) is 0 Å². The van der Waals surface area contributed by atoms with Crippen molar-refractivity contribution in [2.45, 2.75) is 13.3 Å². The van der Waals surface area contributed by atoms with Gasteiger partial charge in [0.05, 0.1) is 15.7 Å². The number of amides is 1. The highest BCUT2D eigenvalue weighted by molar-refractivity contribution is 6.43. The maximum Gasteiger partial charge on any atom is 0.222 e. The molecule has 1 aromatic carbocycles. The van der Waals surface area contributed by atoms with Crippen molar-refractivity contribution in [3.8, 4) is 0 Å². The average molecular weight is 287 g/mol. The van der Waals surface area contributed by atoms with Gasteiger partial charge in [-0.25, -0.2) is 0 Å². The Bertz CT molecular complexity index is 443. The van der Waals surface area contributed by atoms with Gasteiger partial charge in [0, 0.05) is 32.6 Å². The monoisotopic (exact) mass is 286 g/mol. The lowest BCUT2D eigenvalue weighted by Gasteiger charge is -2.36. The van der Waals surface area contributed by atoms with E-state index in [0.717, 1.165) is 31.9 Å². The van der Waals surface area contributed by atoms with Crippen LogP contribution in [0.15, 0.2) is 18.2 Å². The van der Waals surface area contributed by atoms with E-state index in [1.54, 1.807) is 6.07 Å². The van der Waals surface area contributed by atoms with Crippen LogP contribution in [0.5, 0.6) is 0 Å². The summed E-state index contributed by atoms with van der Waals surface area (Å²) in [6, 6.07) is 5.64. The molecule has 0 aromatic heterocycles. The number of nitrogens with zero attached hydrogens (tertiary/aromatic N) is 2. The fraction of sp³-hybridized carbons (Fsp3) is 0.462. The molecule has 98 valence electrons. The van der Waals surface area contributed by atoms with Crippen LogP contribution in [-0.2, 0) is 4.79 Å². The summed E-state index contributed by atoms with van der Waals surface area (Å²) >= 11 is 12.2. The van der Waals surface area contributed by atoms with E-state index in [0.29, 0.717) is 16.5 Å². The SMILES string of the molecule is CCC(=O)N1CCN(c2cccc(Cl)c2Cl)CC1. The number of benzene rings is 1. The molecule has 3 nitrogen and oxygen atoms in total. The van der Waals surface area contributed by atoms with E-state index in [9.17, 15) is 4.79 Å². The molecular formula is C13H16Cl2N2O. The van der Waals surface area contributed by atoms with Gasteiger partial charge in [-0.05, 0) is 12.1 Å². The van der Waals surface area contributed by atoms with E-state index >= 15 is 0 Å². The second-order valence-electron chi connectivity index (χ2n) is 4.29. The minimum atomic E-state index is 0.215. The molecule has 0 bridgehead atoms. The third-order valence-electron chi connectivity index (χ3n) is 3.21. The van der Waals surface area contributed by atoms with Crippen molar-refractivity contribution in [3.05, 3.63) is 28.2 Å². The van der Waals surface area contributed by atoms with Crippen LogP contribution in [-0.4, -0.2) is 37.0 Å². The molecule has 0 spiro atoms. The van der Waals surface area contributed by atoms with Gasteiger partial charge in [-0.3, -0.25) is 4.79 Å². The lowest BCUT2D eigenvalue weighted by molar-refractivity contribution is -0.131. The number of anilines is 1. The average Bonchev–Trinajstić information content (AvgIpc) is 2.41. The molecule has 0 saturated carbocycles. The molecule has 2 rings (SSSR count). The topological polar surface area (TPSA) is 23.6 Å². The number of hydrogen-bond donors (Lipinski definition) is 0. The zero-order valence-corrected chi connectivity index (χ0v) is 11.8. The Morgan fingerprint density at radius 1 is 1.22 bits per heavy atom. The molecule has 1 fully saturated rings. The first-order valence-corrected chi connectivity index (χ1v) is 6.85. The fourth-order valence-corrected chi connectivity index (χ4v) is 2.57. The summed E-state index contributed by atoms with van der Waals surface area (Å²) in [7, 11) is 0. The Hall–Kier alpha value is -0.930. The Morgan fingerprint density at radius 3 is 2.50 bits per heavy atom. The predicted molar refractivity (Wildman–Crippen MR) is 75.5 cm³/mol. The van der Waals surface area contributed by atoms with Gasteiger partial charge < -0.3 is 9.80 Å². The van der Waals surface area contributed by atoms with E-state index in [2.05, 4.69) is 4.90 Å². The number of carbonyl (C=O) groups excluding carboxylic acids is 1. The second-order valence-corrected chi connectivity index (χ2v) is 5.08. The first-order valence-electron chi connectivity index (χ1n) is 6.10. The molecule has 1 saturated heterocycles. The van der Waals surface area contributed by atoms with E-state index < -0.39 is 0 Å². The Kier molecular flexibility index (Phi) is 4.36. The maximum atomic E-state index is 11.6. The van der Waals surface area contributed by atoms with Crippen LogP contribution in [0.3, 0.4) is 0 Å². The highest BCUT2D eigenvalue weighted by Gasteiger charge is 2.21. The van der Waals surface area contributed by atoms with E-state index in [4.69, 9.17) is 23.2 Å². The molecule has 1 aliphatic rings. The normalized spacial score (nSPS) is 15.9. The van der Waals surface area contributed by atoms with Crippen molar-refractivity contribution in [3.63, 3.8) is 0 Å². The minimum Gasteiger partial charge on any atom is -0.367 e. The van der Waals surface area contributed by atoms with Crippen molar-refractivity contribution in [2.75, 3.05) is 31.1 Å². The lowest BCUT2D eigenvalue weighted by Crippen LogP contribution is -2.48. The molecular weight excluding hydrogens is 271 g/mol. The highest BCUT2D eigenvalue weighted by atomic mass is 35.5. The quantitative estimate of drug-likeness (QED) is 0.834. The number of piperazine rings is 1. The molecule has 0 aliphatic carbocycles. The summed E-state index contributed by atoms with van der Waals surface area (Å²) in [6.07, 6.45) is 0.567. The smallest absolute Gasteiger partial charge is 0.222 e.